The first kappa shape index (κ1) is 20.4. The molecule has 32 heavy (non-hydrogen) atoms. The van der Waals surface area contributed by atoms with Crippen LogP contribution in [0.2, 0.25) is 0 Å². The second kappa shape index (κ2) is 8.94. The van der Waals surface area contributed by atoms with Crippen LogP contribution in [-0.2, 0) is 16.1 Å². The first-order valence-corrected chi connectivity index (χ1v) is 11.3. The summed E-state index contributed by atoms with van der Waals surface area (Å²) in [5.74, 6) is -0.272. The highest BCUT2D eigenvalue weighted by atomic mass is 32.1. The Bertz CT molecular complexity index is 1290. The molecule has 1 N–H and O–H groups in total. The molecule has 162 valence electrons. The molecule has 0 unspecified atom stereocenters. The number of aromatic nitrogens is 2. The van der Waals surface area contributed by atoms with E-state index in [0.29, 0.717) is 15.9 Å². The Morgan fingerprint density at radius 3 is 2.56 bits per heavy atom. The molecule has 1 fully saturated rings. The summed E-state index contributed by atoms with van der Waals surface area (Å²) in [6.45, 7) is 3.08. The van der Waals surface area contributed by atoms with E-state index in [0.717, 1.165) is 42.4 Å². The lowest BCUT2D eigenvalue weighted by atomic mass is 10.2. The molecule has 8 heteroatoms. The van der Waals surface area contributed by atoms with Crippen LogP contribution in [0.25, 0.3) is 20.7 Å². The van der Waals surface area contributed by atoms with Crippen LogP contribution in [0.15, 0.2) is 71.8 Å². The molecular formula is C24H22N4O3S. The molecule has 0 aliphatic carbocycles. The second-order valence-electron chi connectivity index (χ2n) is 7.57. The molecule has 0 radical (unpaired) electrons. The molecule has 4 aromatic rings. The van der Waals surface area contributed by atoms with Crippen molar-refractivity contribution in [3.63, 3.8) is 0 Å². The number of nitrogens with zero attached hydrogens (tertiary/aromatic N) is 3. The summed E-state index contributed by atoms with van der Waals surface area (Å²) in [6, 6.07) is 19.4. The van der Waals surface area contributed by atoms with E-state index >= 15 is 0 Å². The minimum Gasteiger partial charge on any atom is -0.378 e. The van der Waals surface area contributed by atoms with Crippen LogP contribution in [0.5, 0.6) is 0 Å². The van der Waals surface area contributed by atoms with Gasteiger partial charge in [-0.2, -0.15) is 0 Å². The summed E-state index contributed by atoms with van der Waals surface area (Å²) in [6.07, 6.45) is 1.44. The maximum atomic E-state index is 12.9. The largest absolute Gasteiger partial charge is 0.378 e. The van der Waals surface area contributed by atoms with Gasteiger partial charge in [0.25, 0.3) is 5.56 Å². The number of carbonyl (C=O) groups excluding carboxylic acids is 1. The minimum absolute atomic E-state index is 0.0937. The molecule has 1 aliphatic rings. The van der Waals surface area contributed by atoms with Gasteiger partial charge in [-0.1, -0.05) is 30.3 Å². The van der Waals surface area contributed by atoms with E-state index in [4.69, 9.17) is 4.74 Å². The summed E-state index contributed by atoms with van der Waals surface area (Å²) in [7, 11) is 0. The molecule has 0 spiro atoms. The van der Waals surface area contributed by atoms with E-state index in [2.05, 4.69) is 15.2 Å². The lowest BCUT2D eigenvalue weighted by Crippen LogP contribution is -2.36. The number of amides is 1. The SMILES string of the molecule is O=C(Cn1cnc2sc(-c3ccccc3)cc2c1=O)Nc1ccc(N2CCOCC2)cc1. The van der Waals surface area contributed by atoms with Crippen LogP contribution in [0, 0.1) is 0 Å². The standard InChI is InChI=1S/C24H22N4O3S/c29-22(26-18-6-8-19(9-7-18)27-10-12-31-13-11-27)15-28-16-25-23-20(24(28)30)14-21(32-23)17-4-2-1-3-5-17/h1-9,14,16H,10-13,15H2,(H,26,29). The van der Waals surface area contributed by atoms with Crippen molar-refractivity contribution in [3.05, 3.63) is 77.3 Å². The third-order valence-corrected chi connectivity index (χ3v) is 6.51. The Balaban J connectivity index is 1.29. The average molecular weight is 447 g/mol. The molecule has 5 rings (SSSR count). The fourth-order valence-corrected chi connectivity index (χ4v) is 4.74. The van der Waals surface area contributed by atoms with Crippen molar-refractivity contribution in [2.45, 2.75) is 6.54 Å². The van der Waals surface area contributed by atoms with Crippen molar-refractivity contribution in [1.29, 1.82) is 0 Å². The normalized spacial score (nSPS) is 13.9. The zero-order valence-electron chi connectivity index (χ0n) is 17.4. The number of anilines is 2. The summed E-state index contributed by atoms with van der Waals surface area (Å²) in [5, 5.41) is 3.39. The fourth-order valence-electron chi connectivity index (χ4n) is 3.75. The number of ether oxygens (including phenoxy) is 1. The quantitative estimate of drug-likeness (QED) is 0.507. The van der Waals surface area contributed by atoms with Crippen molar-refractivity contribution in [1.82, 2.24) is 9.55 Å². The number of fused-ring (bicyclic) bond motifs is 1. The topological polar surface area (TPSA) is 76.5 Å². The molecule has 1 aliphatic heterocycles. The van der Waals surface area contributed by atoms with E-state index in [1.165, 1.54) is 22.2 Å². The number of morpholine rings is 1. The lowest BCUT2D eigenvalue weighted by molar-refractivity contribution is -0.116. The van der Waals surface area contributed by atoms with Gasteiger partial charge >= 0.3 is 0 Å². The van der Waals surface area contributed by atoms with Gasteiger partial charge in [0, 0.05) is 29.3 Å². The van der Waals surface area contributed by atoms with E-state index in [1.54, 1.807) is 0 Å². The zero-order valence-corrected chi connectivity index (χ0v) is 18.2. The number of carbonyl (C=O) groups is 1. The summed E-state index contributed by atoms with van der Waals surface area (Å²) < 4.78 is 6.73. The molecule has 0 bridgehead atoms. The number of hydrogen-bond acceptors (Lipinski definition) is 6. The molecule has 0 atom stereocenters. The van der Waals surface area contributed by atoms with Crippen LogP contribution in [0.4, 0.5) is 11.4 Å². The van der Waals surface area contributed by atoms with Gasteiger partial charge in [0.05, 0.1) is 24.9 Å². The van der Waals surface area contributed by atoms with E-state index in [9.17, 15) is 9.59 Å². The minimum atomic E-state index is -0.272. The molecule has 1 amide bonds. The van der Waals surface area contributed by atoms with Gasteiger partial charge in [-0.25, -0.2) is 4.98 Å². The van der Waals surface area contributed by atoms with Crippen LogP contribution >= 0.6 is 11.3 Å². The Morgan fingerprint density at radius 2 is 1.81 bits per heavy atom. The maximum Gasteiger partial charge on any atom is 0.262 e. The highest BCUT2D eigenvalue weighted by molar-refractivity contribution is 7.21. The first-order valence-electron chi connectivity index (χ1n) is 10.4. The molecule has 3 heterocycles. The lowest BCUT2D eigenvalue weighted by Gasteiger charge is -2.28. The van der Waals surface area contributed by atoms with E-state index in [-0.39, 0.29) is 18.0 Å². The van der Waals surface area contributed by atoms with Crippen molar-refractivity contribution >= 4 is 38.8 Å². The summed E-state index contributed by atoms with van der Waals surface area (Å²) in [4.78, 5) is 33.8. The second-order valence-corrected chi connectivity index (χ2v) is 8.60. The smallest absolute Gasteiger partial charge is 0.262 e. The van der Waals surface area contributed by atoms with Gasteiger partial charge in [0.15, 0.2) is 0 Å². The number of thiophene rings is 1. The highest BCUT2D eigenvalue weighted by Crippen LogP contribution is 2.30. The van der Waals surface area contributed by atoms with Crippen molar-refractivity contribution < 1.29 is 9.53 Å². The number of nitrogens with one attached hydrogen (secondary N) is 1. The van der Waals surface area contributed by atoms with Crippen LogP contribution in [-0.4, -0.2) is 41.8 Å². The highest BCUT2D eigenvalue weighted by Gasteiger charge is 2.14. The zero-order chi connectivity index (χ0) is 21.9. The van der Waals surface area contributed by atoms with Gasteiger partial charge in [-0.15, -0.1) is 11.3 Å². The van der Waals surface area contributed by atoms with Crippen molar-refractivity contribution in [3.8, 4) is 10.4 Å². The van der Waals surface area contributed by atoms with Crippen LogP contribution in [0.1, 0.15) is 0 Å². The van der Waals surface area contributed by atoms with Gasteiger partial charge in [-0.3, -0.25) is 14.2 Å². The molecular weight excluding hydrogens is 424 g/mol. The molecule has 1 saturated heterocycles. The van der Waals surface area contributed by atoms with Gasteiger partial charge in [0.1, 0.15) is 11.4 Å². The van der Waals surface area contributed by atoms with Gasteiger partial charge in [0.2, 0.25) is 5.91 Å². The van der Waals surface area contributed by atoms with Gasteiger partial charge < -0.3 is 15.0 Å². The fraction of sp³-hybridized carbons (Fsp3) is 0.208. The van der Waals surface area contributed by atoms with E-state index in [1.807, 2.05) is 60.7 Å². The maximum absolute atomic E-state index is 12.9. The predicted molar refractivity (Wildman–Crippen MR) is 127 cm³/mol. The molecule has 0 saturated carbocycles. The monoisotopic (exact) mass is 446 g/mol. The van der Waals surface area contributed by atoms with Gasteiger partial charge in [-0.05, 0) is 35.9 Å². The molecule has 2 aromatic heterocycles. The summed E-state index contributed by atoms with van der Waals surface area (Å²) >= 11 is 1.47. The van der Waals surface area contributed by atoms with Crippen molar-refractivity contribution in [2.75, 3.05) is 36.5 Å². The number of rotatable bonds is 5. The summed E-state index contributed by atoms with van der Waals surface area (Å²) in [5.41, 5.74) is 2.62. The Morgan fingerprint density at radius 1 is 1.06 bits per heavy atom. The number of benzene rings is 2. The Hall–Kier alpha value is -3.49. The first-order chi connectivity index (χ1) is 15.7. The number of hydrogen-bond donors (Lipinski definition) is 1. The Labute approximate surface area is 188 Å². The van der Waals surface area contributed by atoms with Crippen LogP contribution < -0.4 is 15.8 Å². The average Bonchev–Trinajstić information content (AvgIpc) is 3.28. The third-order valence-electron chi connectivity index (χ3n) is 5.42. The molecule has 7 nitrogen and oxygen atoms in total. The molecule has 2 aromatic carbocycles. The predicted octanol–water partition coefficient (Wildman–Crippen LogP) is 3.60. The van der Waals surface area contributed by atoms with Crippen molar-refractivity contribution in [2.24, 2.45) is 0 Å². The Kier molecular flexibility index (Phi) is 5.70. The van der Waals surface area contributed by atoms with Crippen LogP contribution in [0.3, 0.4) is 0 Å². The van der Waals surface area contributed by atoms with E-state index < -0.39 is 0 Å². The third kappa shape index (κ3) is 4.28.